The summed E-state index contributed by atoms with van der Waals surface area (Å²) < 4.78 is 1.63. The van der Waals surface area contributed by atoms with E-state index in [2.05, 4.69) is 9.97 Å². The number of aromatic hydroxyl groups is 1. The van der Waals surface area contributed by atoms with Gasteiger partial charge in [-0.2, -0.15) is 0 Å². The van der Waals surface area contributed by atoms with Gasteiger partial charge in [0.05, 0.1) is 11.1 Å². The van der Waals surface area contributed by atoms with Gasteiger partial charge >= 0.3 is 0 Å². The number of fused-ring (bicyclic) bond motifs is 1. The molecule has 2 aromatic heterocycles. The molecule has 0 atom stereocenters. The molecule has 0 amide bonds. The minimum Gasteiger partial charge on any atom is -0.508 e. The van der Waals surface area contributed by atoms with E-state index in [0.717, 1.165) is 17.4 Å². The molecule has 1 saturated carbocycles. The van der Waals surface area contributed by atoms with E-state index in [9.17, 15) is 9.90 Å². The maximum atomic E-state index is 12.8. The van der Waals surface area contributed by atoms with E-state index in [-0.39, 0.29) is 11.3 Å². The van der Waals surface area contributed by atoms with Crippen LogP contribution in [0.5, 0.6) is 5.75 Å². The molecule has 1 fully saturated rings. The van der Waals surface area contributed by atoms with Gasteiger partial charge in [-0.25, -0.2) is 4.98 Å². The second-order valence-corrected chi connectivity index (χ2v) is 6.53. The van der Waals surface area contributed by atoms with Crippen molar-refractivity contribution >= 4 is 22.8 Å². The Kier molecular flexibility index (Phi) is 3.18. The second-order valence-electron chi connectivity index (χ2n) is 5.55. The number of aromatic nitrogens is 3. The molecule has 112 valence electrons. The largest absolute Gasteiger partial charge is 0.508 e. The summed E-state index contributed by atoms with van der Waals surface area (Å²) in [6, 6.07) is 8.38. The van der Waals surface area contributed by atoms with Gasteiger partial charge < -0.3 is 10.1 Å². The van der Waals surface area contributed by atoms with E-state index in [1.165, 1.54) is 12.8 Å². The fourth-order valence-corrected chi connectivity index (χ4v) is 3.57. The Morgan fingerprint density at radius 1 is 1.27 bits per heavy atom. The third-order valence-corrected chi connectivity index (χ3v) is 4.98. The molecular weight excluding hydrogens is 298 g/mol. The molecule has 1 aliphatic rings. The zero-order valence-corrected chi connectivity index (χ0v) is 12.6. The average Bonchev–Trinajstić information content (AvgIpc) is 3.23. The first-order valence-corrected chi connectivity index (χ1v) is 8.23. The topological polar surface area (TPSA) is 70.9 Å². The number of benzene rings is 1. The lowest BCUT2D eigenvalue weighted by molar-refractivity contribution is 0.475. The molecule has 6 heteroatoms. The summed E-state index contributed by atoms with van der Waals surface area (Å²) in [5.74, 6) is 1.91. The standard InChI is InChI=1S/C16H15N3O2S/c20-12-5-3-11(4-6-12)19-15(21)13-7-8-17-14(13)18-16(19)22-9-10-1-2-10/h3-8,10,17,20H,1-2,9H2. The van der Waals surface area contributed by atoms with E-state index < -0.39 is 0 Å². The van der Waals surface area contributed by atoms with E-state index in [1.54, 1.807) is 52.9 Å². The second kappa shape index (κ2) is 5.21. The van der Waals surface area contributed by atoms with Crippen LogP contribution in [0.25, 0.3) is 16.7 Å². The van der Waals surface area contributed by atoms with E-state index >= 15 is 0 Å². The van der Waals surface area contributed by atoms with Crippen LogP contribution < -0.4 is 5.56 Å². The van der Waals surface area contributed by atoms with Crippen LogP contribution in [0, 0.1) is 5.92 Å². The quantitative estimate of drug-likeness (QED) is 0.574. The monoisotopic (exact) mass is 313 g/mol. The van der Waals surface area contributed by atoms with E-state index in [4.69, 9.17) is 0 Å². The molecule has 0 aliphatic heterocycles. The summed E-state index contributed by atoms with van der Waals surface area (Å²) in [6.45, 7) is 0. The van der Waals surface area contributed by atoms with Crippen LogP contribution >= 0.6 is 11.8 Å². The van der Waals surface area contributed by atoms with Crippen molar-refractivity contribution in [3.05, 3.63) is 46.9 Å². The summed E-state index contributed by atoms with van der Waals surface area (Å²) in [6.07, 6.45) is 4.26. The molecule has 0 unspecified atom stereocenters. The first kappa shape index (κ1) is 13.5. The van der Waals surface area contributed by atoms with Gasteiger partial charge in [0, 0.05) is 11.9 Å². The highest BCUT2D eigenvalue weighted by Gasteiger charge is 2.23. The Morgan fingerprint density at radius 2 is 2.05 bits per heavy atom. The average molecular weight is 313 g/mol. The molecule has 2 N–H and O–H groups in total. The van der Waals surface area contributed by atoms with Crippen LogP contribution in [0.15, 0.2) is 46.5 Å². The van der Waals surface area contributed by atoms with Gasteiger partial charge in [-0.05, 0) is 49.1 Å². The minimum atomic E-state index is -0.0877. The lowest BCUT2D eigenvalue weighted by Gasteiger charge is -2.12. The van der Waals surface area contributed by atoms with Crippen molar-refractivity contribution in [3.63, 3.8) is 0 Å². The van der Waals surface area contributed by atoms with Gasteiger partial charge in [0.2, 0.25) is 0 Å². The highest BCUT2D eigenvalue weighted by molar-refractivity contribution is 7.99. The number of rotatable bonds is 4. The molecule has 1 aliphatic carbocycles. The zero-order valence-electron chi connectivity index (χ0n) is 11.8. The molecule has 0 bridgehead atoms. The van der Waals surface area contributed by atoms with Crippen LogP contribution in [-0.4, -0.2) is 25.4 Å². The first-order chi connectivity index (χ1) is 10.7. The first-order valence-electron chi connectivity index (χ1n) is 7.25. The predicted octanol–water partition coefficient (Wildman–Crippen LogP) is 2.92. The van der Waals surface area contributed by atoms with Crippen molar-refractivity contribution in [2.75, 3.05) is 5.75 Å². The Bertz CT molecular complexity index is 879. The maximum absolute atomic E-state index is 12.8. The Morgan fingerprint density at radius 3 is 2.77 bits per heavy atom. The minimum absolute atomic E-state index is 0.0877. The normalized spacial score (nSPS) is 14.5. The number of hydrogen-bond donors (Lipinski definition) is 2. The van der Waals surface area contributed by atoms with Gasteiger partial charge in [-0.1, -0.05) is 11.8 Å². The van der Waals surface area contributed by atoms with Crippen molar-refractivity contribution in [2.24, 2.45) is 5.92 Å². The predicted molar refractivity (Wildman–Crippen MR) is 86.8 cm³/mol. The van der Waals surface area contributed by atoms with Crippen molar-refractivity contribution in [2.45, 2.75) is 18.0 Å². The number of nitrogens with zero attached hydrogens (tertiary/aromatic N) is 2. The van der Waals surface area contributed by atoms with Crippen LogP contribution in [0.2, 0.25) is 0 Å². The van der Waals surface area contributed by atoms with Gasteiger partial charge in [-0.15, -0.1) is 0 Å². The molecule has 3 aromatic rings. The van der Waals surface area contributed by atoms with Crippen LogP contribution in [0.3, 0.4) is 0 Å². The molecule has 4 rings (SSSR count). The van der Waals surface area contributed by atoms with Gasteiger partial charge in [0.1, 0.15) is 11.4 Å². The Hall–Kier alpha value is -2.21. The number of aromatic amines is 1. The van der Waals surface area contributed by atoms with Crippen molar-refractivity contribution < 1.29 is 5.11 Å². The third kappa shape index (κ3) is 2.39. The summed E-state index contributed by atoms with van der Waals surface area (Å²) in [5.41, 5.74) is 1.25. The summed E-state index contributed by atoms with van der Waals surface area (Å²) in [4.78, 5) is 20.4. The maximum Gasteiger partial charge on any atom is 0.268 e. The molecule has 0 saturated heterocycles. The molecule has 5 nitrogen and oxygen atoms in total. The molecule has 22 heavy (non-hydrogen) atoms. The molecule has 0 radical (unpaired) electrons. The van der Waals surface area contributed by atoms with Gasteiger partial charge in [0.15, 0.2) is 5.16 Å². The lowest BCUT2D eigenvalue weighted by atomic mass is 10.3. The van der Waals surface area contributed by atoms with Crippen molar-refractivity contribution in [3.8, 4) is 11.4 Å². The van der Waals surface area contributed by atoms with Crippen LogP contribution in [0.1, 0.15) is 12.8 Å². The summed E-state index contributed by atoms with van der Waals surface area (Å²) >= 11 is 1.62. The molecule has 0 spiro atoms. The number of nitrogens with one attached hydrogen (secondary N) is 1. The Labute approximate surface area is 131 Å². The smallest absolute Gasteiger partial charge is 0.268 e. The highest BCUT2D eigenvalue weighted by Crippen LogP contribution is 2.35. The number of H-pyrrole nitrogens is 1. The lowest BCUT2D eigenvalue weighted by Crippen LogP contribution is -2.21. The fourth-order valence-electron chi connectivity index (χ4n) is 2.38. The van der Waals surface area contributed by atoms with Crippen molar-refractivity contribution in [1.82, 2.24) is 14.5 Å². The van der Waals surface area contributed by atoms with Crippen LogP contribution in [0.4, 0.5) is 0 Å². The van der Waals surface area contributed by atoms with E-state index in [0.29, 0.717) is 16.2 Å². The number of phenolic OH excluding ortho intramolecular Hbond substituents is 1. The van der Waals surface area contributed by atoms with Crippen molar-refractivity contribution in [1.29, 1.82) is 0 Å². The van der Waals surface area contributed by atoms with Crippen LogP contribution in [-0.2, 0) is 0 Å². The number of hydrogen-bond acceptors (Lipinski definition) is 4. The third-order valence-electron chi connectivity index (χ3n) is 3.81. The van der Waals surface area contributed by atoms with Gasteiger partial charge in [-0.3, -0.25) is 9.36 Å². The summed E-state index contributed by atoms with van der Waals surface area (Å²) in [7, 11) is 0. The summed E-state index contributed by atoms with van der Waals surface area (Å²) in [5, 5.41) is 10.7. The fraction of sp³-hybridized carbons (Fsp3) is 0.250. The Balaban J connectivity index is 1.88. The zero-order chi connectivity index (χ0) is 15.1. The number of phenols is 1. The number of thioether (sulfide) groups is 1. The van der Waals surface area contributed by atoms with E-state index in [1.807, 2.05) is 0 Å². The highest BCUT2D eigenvalue weighted by atomic mass is 32.2. The molecule has 1 aromatic carbocycles. The molecular formula is C16H15N3O2S. The SMILES string of the molecule is O=c1c2cc[nH]c2nc(SCC2CC2)n1-c1ccc(O)cc1. The molecule has 2 heterocycles. The van der Waals surface area contributed by atoms with Gasteiger partial charge in [0.25, 0.3) is 5.56 Å².